The molecule has 0 atom stereocenters. The van der Waals surface area contributed by atoms with Crippen LogP contribution in [0.2, 0.25) is 0 Å². The summed E-state index contributed by atoms with van der Waals surface area (Å²) in [5.41, 5.74) is 2.03. The van der Waals surface area contributed by atoms with Crippen molar-refractivity contribution in [1.82, 2.24) is 14.8 Å². The number of anilines is 2. The number of carbonyl (C=O) groups excluding carboxylic acids is 1. The van der Waals surface area contributed by atoms with Crippen LogP contribution in [0.5, 0.6) is 0 Å². The quantitative estimate of drug-likeness (QED) is 0.466. The van der Waals surface area contributed by atoms with Crippen molar-refractivity contribution < 1.29 is 18.0 Å². The van der Waals surface area contributed by atoms with Crippen molar-refractivity contribution >= 4 is 17.4 Å². The van der Waals surface area contributed by atoms with Gasteiger partial charge in [0.15, 0.2) is 0 Å². The van der Waals surface area contributed by atoms with E-state index in [0.717, 1.165) is 57.8 Å². The number of amides is 1. The summed E-state index contributed by atoms with van der Waals surface area (Å²) in [5, 5.41) is 0. The number of rotatable bonds is 6. The molecule has 4 rings (SSSR count). The monoisotopic (exact) mass is 547 g/mol. The maximum atomic E-state index is 12.9. The Bertz CT molecular complexity index is 1040. The zero-order chi connectivity index (χ0) is 27.3. The number of benzene rings is 1. The zero-order valence-corrected chi connectivity index (χ0v) is 22.8. The topological polar surface area (TPSA) is 42.9 Å². The number of pyridine rings is 1. The fourth-order valence-corrected chi connectivity index (χ4v) is 5.15. The first-order valence-corrected chi connectivity index (χ1v) is 13.6. The molecule has 9 heteroatoms. The van der Waals surface area contributed by atoms with E-state index in [-0.39, 0.29) is 18.7 Å². The zero-order valence-electron chi connectivity index (χ0n) is 22.8. The third kappa shape index (κ3) is 8.34. The minimum Gasteiger partial charge on any atom is -0.369 e. The van der Waals surface area contributed by atoms with Crippen molar-refractivity contribution in [2.75, 3.05) is 68.7 Å². The lowest BCUT2D eigenvalue weighted by Gasteiger charge is -2.36. The Morgan fingerprint density at radius 1 is 0.821 bits per heavy atom. The highest BCUT2D eigenvalue weighted by atomic mass is 19.4. The molecule has 2 fully saturated rings. The number of hydrogen-bond acceptors (Lipinski definition) is 5. The molecule has 0 N–H and O–H groups in total. The molecule has 1 amide bonds. The average Bonchev–Trinajstić information content (AvgIpc) is 3.15. The van der Waals surface area contributed by atoms with E-state index in [0.29, 0.717) is 38.4 Å². The molecule has 2 saturated heterocycles. The number of aromatic nitrogens is 1. The Hall–Kier alpha value is -2.81. The predicted octanol–water partition coefficient (Wildman–Crippen LogP) is 5.68. The first-order valence-electron chi connectivity index (χ1n) is 13.6. The van der Waals surface area contributed by atoms with Gasteiger partial charge in [-0.2, -0.15) is 13.2 Å². The van der Waals surface area contributed by atoms with E-state index >= 15 is 0 Å². The fourth-order valence-electron chi connectivity index (χ4n) is 5.15. The van der Waals surface area contributed by atoms with Gasteiger partial charge in [0.25, 0.3) is 0 Å². The number of nitrogens with zero attached hydrogens (tertiary/aromatic N) is 5. The summed E-state index contributed by atoms with van der Waals surface area (Å²) in [6.07, 6.45) is -1.38. The Morgan fingerprint density at radius 2 is 1.46 bits per heavy atom. The summed E-state index contributed by atoms with van der Waals surface area (Å²) in [6, 6.07) is 11.4. The van der Waals surface area contributed by atoms with Gasteiger partial charge in [0.2, 0.25) is 5.91 Å². The standard InChI is InChI=1S/C29H40F3N5O.CH4/c1-28(2,3)23-7-10-25(11-8-23)35-18-16-34(17-19-35)13-4-6-27(38)37-15-5-14-36(20-21-37)26-12-9-24(22-33-26)29(30,31)32;/h7-12,22H,4-6,13-21H2,1-3H3;1H4. The van der Waals surface area contributed by atoms with Gasteiger partial charge in [-0.15, -0.1) is 0 Å². The third-order valence-electron chi connectivity index (χ3n) is 7.58. The number of hydrogen-bond donors (Lipinski definition) is 0. The van der Waals surface area contributed by atoms with E-state index < -0.39 is 11.7 Å². The summed E-state index contributed by atoms with van der Waals surface area (Å²) in [6.45, 7) is 14.0. The molecule has 216 valence electrons. The van der Waals surface area contributed by atoms with Gasteiger partial charge < -0.3 is 14.7 Å². The van der Waals surface area contributed by atoms with Gasteiger partial charge in [0.05, 0.1) is 5.56 Å². The molecule has 0 spiro atoms. The van der Waals surface area contributed by atoms with Crippen LogP contribution in [0, 0.1) is 0 Å². The SMILES string of the molecule is C.CC(C)(C)c1ccc(N2CCN(CCCC(=O)N3CCCN(c4ccc(C(F)(F)F)cn4)CC3)CC2)cc1. The van der Waals surface area contributed by atoms with Crippen LogP contribution in [-0.4, -0.2) is 79.6 Å². The maximum Gasteiger partial charge on any atom is 0.417 e. The molecule has 2 aliphatic heterocycles. The highest BCUT2D eigenvalue weighted by molar-refractivity contribution is 5.76. The van der Waals surface area contributed by atoms with E-state index in [1.54, 1.807) is 0 Å². The second-order valence-electron chi connectivity index (χ2n) is 11.4. The van der Waals surface area contributed by atoms with Crippen LogP contribution < -0.4 is 9.80 Å². The molecule has 6 nitrogen and oxygen atoms in total. The molecule has 1 aromatic heterocycles. The minimum absolute atomic E-state index is 0. The molecule has 0 aliphatic carbocycles. The van der Waals surface area contributed by atoms with Gasteiger partial charge in [-0.25, -0.2) is 4.98 Å². The normalized spacial score (nSPS) is 17.5. The second kappa shape index (κ2) is 13.0. The van der Waals surface area contributed by atoms with E-state index in [1.165, 1.54) is 17.3 Å². The van der Waals surface area contributed by atoms with Crippen LogP contribution in [0.4, 0.5) is 24.7 Å². The van der Waals surface area contributed by atoms with Crippen LogP contribution in [0.25, 0.3) is 0 Å². The minimum atomic E-state index is -4.39. The van der Waals surface area contributed by atoms with Crippen LogP contribution >= 0.6 is 0 Å². The van der Waals surface area contributed by atoms with E-state index in [1.807, 2.05) is 9.80 Å². The second-order valence-corrected chi connectivity index (χ2v) is 11.4. The molecular weight excluding hydrogens is 503 g/mol. The van der Waals surface area contributed by atoms with Crippen LogP contribution in [-0.2, 0) is 16.4 Å². The maximum absolute atomic E-state index is 12.9. The number of alkyl halides is 3. The van der Waals surface area contributed by atoms with Gasteiger partial charge in [0.1, 0.15) is 5.82 Å². The summed E-state index contributed by atoms with van der Waals surface area (Å²) in [7, 11) is 0. The molecule has 0 bridgehead atoms. The Kier molecular flexibility index (Phi) is 10.3. The van der Waals surface area contributed by atoms with Crippen molar-refractivity contribution in [2.24, 2.45) is 0 Å². The van der Waals surface area contributed by atoms with Crippen LogP contribution in [0.3, 0.4) is 0 Å². The van der Waals surface area contributed by atoms with E-state index in [4.69, 9.17) is 0 Å². The summed E-state index contributed by atoms with van der Waals surface area (Å²) < 4.78 is 38.5. The summed E-state index contributed by atoms with van der Waals surface area (Å²) in [5.74, 6) is 0.682. The molecule has 2 aromatic rings. The average molecular weight is 548 g/mol. The van der Waals surface area contributed by atoms with E-state index in [9.17, 15) is 18.0 Å². The molecule has 39 heavy (non-hydrogen) atoms. The van der Waals surface area contributed by atoms with Gasteiger partial charge >= 0.3 is 6.18 Å². The molecule has 2 aliphatic rings. The Morgan fingerprint density at radius 3 is 2.05 bits per heavy atom. The molecule has 3 heterocycles. The van der Waals surface area contributed by atoms with Crippen molar-refractivity contribution in [3.63, 3.8) is 0 Å². The number of piperazine rings is 1. The van der Waals surface area contributed by atoms with Crippen LogP contribution in [0.1, 0.15) is 58.6 Å². The third-order valence-corrected chi connectivity index (χ3v) is 7.58. The highest BCUT2D eigenvalue weighted by Crippen LogP contribution is 2.29. The summed E-state index contributed by atoms with van der Waals surface area (Å²) in [4.78, 5) is 25.6. The number of halogens is 3. The first-order chi connectivity index (χ1) is 18.0. The first kappa shape index (κ1) is 30.7. The van der Waals surface area contributed by atoms with Gasteiger partial charge in [-0.1, -0.05) is 40.3 Å². The molecule has 0 saturated carbocycles. The van der Waals surface area contributed by atoms with Crippen molar-refractivity contribution in [1.29, 1.82) is 0 Å². The lowest BCUT2D eigenvalue weighted by molar-refractivity contribution is -0.137. The largest absolute Gasteiger partial charge is 0.417 e. The Balaban J connectivity index is 0.00000420. The lowest BCUT2D eigenvalue weighted by atomic mass is 9.87. The predicted molar refractivity (Wildman–Crippen MR) is 152 cm³/mol. The molecule has 0 radical (unpaired) electrons. The van der Waals surface area contributed by atoms with Crippen molar-refractivity contribution in [3.05, 3.63) is 53.7 Å². The fraction of sp³-hybridized carbons (Fsp3) is 0.600. The van der Waals surface area contributed by atoms with Crippen molar-refractivity contribution in [3.8, 4) is 0 Å². The summed E-state index contributed by atoms with van der Waals surface area (Å²) >= 11 is 0. The Labute approximate surface area is 231 Å². The van der Waals surface area contributed by atoms with E-state index in [2.05, 4.69) is 59.8 Å². The number of carbonyl (C=O) groups is 1. The lowest BCUT2D eigenvalue weighted by Crippen LogP contribution is -2.46. The molecule has 0 unspecified atom stereocenters. The van der Waals surface area contributed by atoms with Gasteiger partial charge in [-0.3, -0.25) is 9.69 Å². The molecular formula is C30H44F3N5O. The highest BCUT2D eigenvalue weighted by Gasteiger charge is 2.31. The van der Waals surface area contributed by atoms with Crippen LogP contribution in [0.15, 0.2) is 42.6 Å². The van der Waals surface area contributed by atoms with Gasteiger partial charge in [-0.05, 0) is 54.6 Å². The van der Waals surface area contributed by atoms with Gasteiger partial charge in [0, 0.05) is 70.7 Å². The smallest absolute Gasteiger partial charge is 0.369 e. The van der Waals surface area contributed by atoms with Crippen molar-refractivity contribution in [2.45, 2.75) is 59.1 Å². The molecule has 1 aromatic carbocycles.